The van der Waals surface area contributed by atoms with Gasteiger partial charge in [0.05, 0.1) is 23.4 Å². The fourth-order valence-electron chi connectivity index (χ4n) is 2.51. The summed E-state index contributed by atoms with van der Waals surface area (Å²) in [7, 11) is 1.29. The van der Waals surface area contributed by atoms with E-state index >= 15 is 0 Å². The Hall–Kier alpha value is -2.12. The minimum atomic E-state index is -0.506. The van der Waals surface area contributed by atoms with E-state index in [0.29, 0.717) is 10.6 Å². The zero-order valence-corrected chi connectivity index (χ0v) is 16.8. The number of anilines is 1. The fourth-order valence-corrected chi connectivity index (χ4v) is 4.01. The number of thiophene rings is 1. The molecule has 0 saturated heterocycles. The summed E-state index contributed by atoms with van der Waals surface area (Å²) in [6.07, 6.45) is 0. The second-order valence-electron chi connectivity index (χ2n) is 5.78. The van der Waals surface area contributed by atoms with Crippen molar-refractivity contribution >= 4 is 45.8 Å². The van der Waals surface area contributed by atoms with Crippen LogP contribution in [-0.2, 0) is 14.3 Å². The van der Waals surface area contributed by atoms with Crippen LogP contribution in [0.4, 0.5) is 5.69 Å². The van der Waals surface area contributed by atoms with E-state index in [1.165, 1.54) is 23.3 Å². The standard InChI is InChI=1S/C19H21NO4S2/c1-12-7-8-13(2)18(14(12)3)20(10-17(22)24-4)16(21)11-26-19(23)15-6-5-9-25-15/h5-9H,10-11H2,1-4H3. The Morgan fingerprint density at radius 2 is 1.81 bits per heavy atom. The molecule has 0 atom stereocenters. The molecule has 0 radical (unpaired) electrons. The second-order valence-corrected chi connectivity index (χ2v) is 7.68. The smallest absolute Gasteiger partial charge is 0.325 e. The highest BCUT2D eigenvalue weighted by atomic mass is 32.2. The minimum absolute atomic E-state index is 0.0411. The second kappa shape index (κ2) is 9.00. The molecule has 0 aliphatic rings. The number of rotatable bonds is 6. The number of ether oxygens (including phenoxy) is 1. The van der Waals surface area contributed by atoms with Gasteiger partial charge in [0.2, 0.25) is 11.0 Å². The summed E-state index contributed by atoms with van der Waals surface area (Å²) in [4.78, 5) is 38.8. The van der Waals surface area contributed by atoms with Gasteiger partial charge in [-0.1, -0.05) is 30.0 Å². The lowest BCUT2D eigenvalue weighted by Gasteiger charge is -2.26. The van der Waals surface area contributed by atoms with Gasteiger partial charge in [0, 0.05) is 0 Å². The van der Waals surface area contributed by atoms with Crippen LogP contribution in [0.2, 0.25) is 0 Å². The topological polar surface area (TPSA) is 63.7 Å². The van der Waals surface area contributed by atoms with E-state index in [-0.39, 0.29) is 23.3 Å². The average molecular weight is 392 g/mol. The maximum Gasteiger partial charge on any atom is 0.325 e. The maximum atomic E-state index is 12.8. The molecule has 1 aromatic carbocycles. The van der Waals surface area contributed by atoms with Gasteiger partial charge < -0.3 is 4.74 Å². The van der Waals surface area contributed by atoms with Crippen molar-refractivity contribution in [3.8, 4) is 0 Å². The van der Waals surface area contributed by atoms with Crippen LogP contribution >= 0.6 is 23.1 Å². The highest BCUT2D eigenvalue weighted by molar-refractivity contribution is 8.14. The largest absolute Gasteiger partial charge is 0.468 e. The van der Waals surface area contributed by atoms with Gasteiger partial charge in [-0.05, 0) is 48.9 Å². The third-order valence-corrected chi connectivity index (χ3v) is 5.91. The van der Waals surface area contributed by atoms with Gasteiger partial charge in [-0.25, -0.2) is 0 Å². The molecule has 2 rings (SSSR count). The molecule has 1 aromatic heterocycles. The monoisotopic (exact) mass is 391 g/mol. The summed E-state index contributed by atoms with van der Waals surface area (Å²) >= 11 is 2.28. The molecule has 2 aromatic rings. The van der Waals surface area contributed by atoms with E-state index in [1.807, 2.05) is 38.3 Å². The number of carbonyl (C=O) groups is 3. The van der Waals surface area contributed by atoms with Gasteiger partial charge in [-0.2, -0.15) is 0 Å². The molecule has 26 heavy (non-hydrogen) atoms. The van der Waals surface area contributed by atoms with Crippen LogP contribution in [0.5, 0.6) is 0 Å². The first kappa shape index (κ1) is 20.2. The van der Waals surface area contributed by atoms with E-state index in [9.17, 15) is 14.4 Å². The highest BCUT2D eigenvalue weighted by Crippen LogP contribution is 2.28. The first-order valence-electron chi connectivity index (χ1n) is 7.99. The van der Waals surface area contributed by atoms with Crippen molar-refractivity contribution < 1.29 is 19.1 Å². The Bertz CT molecular complexity index is 815. The van der Waals surface area contributed by atoms with Crippen molar-refractivity contribution in [1.29, 1.82) is 0 Å². The van der Waals surface area contributed by atoms with Crippen molar-refractivity contribution in [3.63, 3.8) is 0 Å². The van der Waals surface area contributed by atoms with Gasteiger partial charge >= 0.3 is 5.97 Å². The molecule has 7 heteroatoms. The molecule has 0 unspecified atom stereocenters. The van der Waals surface area contributed by atoms with E-state index in [4.69, 9.17) is 4.74 Å². The Labute approximate surface area is 161 Å². The molecule has 0 aliphatic carbocycles. The van der Waals surface area contributed by atoms with Gasteiger partial charge in [0.25, 0.3) is 0 Å². The van der Waals surface area contributed by atoms with E-state index in [2.05, 4.69) is 0 Å². The van der Waals surface area contributed by atoms with Crippen molar-refractivity contribution in [2.75, 3.05) is 24.3 Å². The van der Waals surface area contributed by atoms with Crippen LogP contribution in [0, 0.1) is 20.8 Å². The first-order valence-corrected chi connectivity index (χ1v) is 9.86. The Kier molecular flexibility index (Phi) is 6.99. The van der Waals surface area contributed by atoms with Gasteiger partial charge in [-0.3, -0.25) is 19.3 Å². The predicted octanol–water partition coefficient (Wildman–Crippen LogP) is 3.75. The molecule has 1 heterocycles. The molecule has 1 amide bonds. The number of thioether (sulfide) groups is 1. The molecule has 0 saturated carbocycles. The van der Waals surface area contributed by atoms with Gasteiger partial charge in [-0.15, -0.1) is 11.3 Å². The molecular formula is C19H21NO4S2. The summed E-state index contributed by atoms with van der Waals surface area (Å²) in [5, 5.41) is 1.67. The summed E-state index contributed by atoms with van der Waals surface area (Å²) in [5.74, 6) is -0.851. The summed E-state index contributed by atoms with van der Waals surface area (Å²) in [6.45, 7) is 5.57. The number of hydrogen-bond acceptors (Lipinski definition) is 6. The zero-order valence-electron chi connectivity index (χ0n) is 15.2. The summed E-state index contributed by atoms with van der Waals surface area (Å²) in [6, 6.07) is 7.41. The Morgan fingerprint density at radius 3 is 2.42 bits per heavy atom. The Balaban J connectivity index is 2.24. The average Bonchev–Trinajstić information content (AvgIpc) is 3.16. The van der Waals surface area contributed by atoms with Crippen LogP contribution in [-0.4, -0.2) is 36.4 Å². The maximum absolute atomic E-state index is 12.8. The van der Waals surface area contributed by atoms with Crippen LogP contribution < -0.4 is 4.90 Å². The van der Waals surface area contributed by atoms with E-state index in [1.54, 1.807) is 12.1 Å². The zero-order chi connectivity index (χ0) is 19.3. The third-order valence-electron chi connectivity index (χ3n) is 4.04. The lowest BCUT2D eigenvalue weighted by molar-refractivity contribution is -0.139. The normalized spacial score (nSPS) is 10.5. The van der Waals surface area contributed by atoms with Crippen LogP contribution in [0.3, 0.4) is 0 Å². The van der Waals surface area contributed by atoms with E-state index in [0.717, 1.165) is 28.5 Å². The van der Waals surface area contributed by atoms with Crippen LogP contribution in [0.15, 0.2) is 29.6 Å². The third kappa shape index (κ3) is 4.74. The number of nitrogens with zero attached hydrogens (tertiary/aromatic N) is 1. The lowest BCUT2D eigenvalue weighted by atomic mass is 10.0. The molecule has 0 N–H and O–H groups in total. The molecule has 0 aliphatic heterocycles. The van der Waals surface area contributed by atoms with Crippen molar-refractivity contribution in [3.05, 3.63) is 51.2 Å². The number of methoxy groups -OCH3 is 1. The fraction of sp³-hybridized carbons (Fsp3) is 0.316. The lowest BCUT2D eigenvalue weighted by Crippen LogP contribution is -2.38. The van der Waals surface area contributed by atoms with Crippen LogP contribution in [0.25, 0.3) is 0 Å². The molecule has 0 fully saturated rings. The predicted molar refractivity (Wildman–Crippen MR) is 106 cm³/mol. The van der Waals surface area contributed by atoms with Crippen molar-refractivity contribution in [1.82, 2.24) is 0 Å². The highest BCUT2D eigenvalue weighted by Gasteiger charge is 2.24. The first-order chi connectivity index (χ1) is 12.3. The molecule has 0 bridgehead atoms. The number of amides is 1. The van der Waals surface area contributed by atoms with Gasteiger partial charge in [0.1, 0.15) is 6.54 Å². The summed E-state index contributed by atoms with van der Waals surface area (Å²) in [5.41, 5.74) is 3.54. The number of benzene rings is 1. The minimum Gasteiger partial charge on any atom is -0.468 e. The quantitative estimate of drug-likeness (QED) is 0.702. The number of carbonyl (C=O) groups excluding carboxylic acids is 3. The molecule has 5 nitrogen and oxygen atoms in total. The van der Waals surface area contributed by atoms with E-state index < -0.39 is 5.97 Å². The molecule has 138 valence electrons. The van der Waals surface area contributed by atoms with Crippen molar-refractivity contribution in [2.45, 2.75) is 20.8 Å². The Morgan fingerprint density at radius 1 is 1.12 bits per heavy atom. The number of esters is 1. The SMILES string of the molecule is COC(=O)CN(C(=O)CSC(=O)c1cccs1)c1c(C)ccc(C)c1C. The van der Waals surface area contributed by atoms with Crippen molar-refractivity contribution in [2.24, 2.45) is 0 Å². The van der Waals surface area contributed by atoms with Gasteiger partial charge in [0.15, 0.2) is 0 Å². The molecular weight excluding hydrogens is 370 g/mol. The molecule has 0 spiro atoms. The summed E-state index contributed by atoms with van der Waals surface area (Å²) < 4.78 is 4.74. The number of aryl methyl sites for hydroxylation is 2. The van der Waals surface area contributed by atoms with Crippen LogP contribution in [0.1, 0.15) is 26.4 Å². The number of hydrogen-bond donors (Lipinski definition) is 0.